The number of nitrogens with zero attached hydrogens (tertiary/aromatic N) is 6. The second-order valence-electron chi connectivity index (χ2n) is 9.30. The lowest BCUT2D eigenvalue weighted by Gasteiger charge is -2.37. The molecule has 3 aromatic rings. The molecule has 188 valence electrons. The predicted octanol–water partition coefficient (Wildman–Crippen LogP) is 3.77. The van der Waals surface area contributed by atoms with Crippen LogP contribution in [0.2, 0.25) is 0 Å². The molecule has 0 aliphatic carbocycles. The van der Waals surface area contributed by atoms with Crippen LogP contribution in [0, 0.1) is 5.82 Å². The average Bonchev–Trinajstić information content (AvgIpc) is 2.89. The SMILES string of the molecule is CC(=O)N1C[C@H](c2nc(Nc3cc(F)cc(N4CCOCC4)c3)cc(-c3cnccn3)n2)CC[C@@H]1C. The molecular weight excluding hydrogens is 461 g/mol. The van der Waals surface area contributed by atoms with Gasteiger partial charge in [-0.1, -0.05) is 0 Å². The summed E-state index contributed by atoms with van der Waals surface area (Å²) in [6, 6.07) is 6.88. The van der Waals surface area contributed by atoms with Crippen LogP contribution < -0.4 is 10.2 Å². The van der Waals surface area contributed by atoms with Gasteiger partial charge in [-0.3, -0.25) is 14.8 Å². The van der Waals surface area contributed by atoms with Crippen LogP contribution in [0.3, 0.4) is 0 Å². The van der Waals surface area contributed by atoms with Crippen LogP contribution in [-0.2, 0) is 9.53 Å². The fourth-order valence-electron chi connectivity index (χ4n) is 4.83. The van der Waals surface area contributed by atoms with E-state index in [1.165, 1.54) is 12.1 Å². The molecule has 5 rings (SSSR count). The highest BCUT2D eigenvalue weighted by Gasteiger charge is 2.30. The Morgan fingerprint density at radius 3 is 2.67 bits per heavy atom. The standard InChI is InChI=1S/C26H30FN7O2/c1-17-3-4-19(16-34(17)18(2)35)26-31-23(24-15-28-5-6-29-24)14-25(32-26)30-21-11-20(27)12-22(13-21)33-7-9-36-10-8-33/h5-6,11-15,17,19H,3-4,7-10,16H2,1-2H3,(H,30,31,32)/t17-,19+/m0/s1. The molecule has 0 radical (unpaired) electrons. The van der Waals surface area contributed by atoms with E-state index < -0.39 is 0 Å². The molecule has 0 unspecified atom stereocenters. The quantitative estimate of drug-likeness (QED) is 0.576. The van der Waals surface area contributed by atoms with Gasteiger partial charge in [-0.05, 0) is 38.0 Å². The number of halogens is 1. The maximum absolute atomic E-state index is 14.6. The number of ether oxygens (including phenoxy) is 1. The number of hydrogen-bond donors (Lipinski definition) is 1. The topological polar surface area (TPSA) is 96.4 Å². The minimum Gasteiger partial charge on any atom is -0.378 e. The van der Waals surface area contributed by atoms with E-state index in [-0.39, 0.29) is 23.7 Å². The minimum absolute atomic E-state index is 0.0151. The van der Waals surface area contributed by atoms with E-state index in [1.807, 2.05) is 11.0 Å². The molecule has 4 heterocycles. The van der Waals surface area contributed by atoms with E-state index in [2.05, 4.69) is 27.1 Å². The number of carbonyl (C=O) groups excluding carboxylic acids is 1. The number of aromatic nitrogens is 4. The van der Waals surface area contributed by atoms with Gasteiger partial charge in [0.25, 0.3) is 0 Å². The monoisotopic (exact) mass is 491 g/mol. The van der Waals surface area contributed by atoms with Crippen molar-refractivity contribution < 1.29 is 13.9 Å². The number of benzene rings is 1. The maximum Gasteiger partial charge on any atom is 0.219 e. The molecule has 0 bridgehead atoms. The smallest absolute Gasteiger partial charge is 0.219 e. The number of amides is 1. The Morgan fingerprint density at radius 1 is 1.08 bits per heavy atom. The van der Waals surface area contributed by atoms with E-state index in [0.29, 0.717) is 61.6 Å². The van der Waals surface area contributed by atoms with Gasteiger partial charge in [0.15, 0.2) is 0 Å². The molecule has 2 fully saturated rings. The highest BCUT2D eigenvalue weighted by Crippen LogP contribution is 2.32. The fourth-order valence-corrected chi connectivity index (χ4v) is 4.83. The summed E-state index contributed by atoms with van der Waals surface area (Å²) in [7, 11) is 0. The molecule has 2 atom stereocenters. The Balaban J connectivity index is 1.48. The molecule has 2 saturated heterocycles. The van der Waals surface area contributed by atoms with Crippen molar-refractivity contribution in [2.75, 3.05) is 43.1 Å². The molecule has 0 spiro atoms. The van der Waals surface area contributed by atoms with Crippen LogP contribution in [0.4, 0.5) is 21.6 Å². The van der Waals surface area contributed by atoms with Gasteiger partial charge in [0.2, 0.25) is 5.91 Å². The maximum atomic E-state index is 14.6. The fraction of sp³-hybridized carbons (Fsp3) is 0.423. The molecule has 2 aliphatic heterocycles. The molecule has 1 aromatic carbocycles. The number of likely N-dealkylation sites (tertiary alicyclic amines) is 1. The molecule has 1 N–H and O–H groups in total. The van der Waals surface area contributed by atoms with Crippen molar-refractivity contribution in [3.8, 4) is 11.4 Å². The van der Waals surface area contributed by atoms with Crippen molar-refractivity contribution in [2.45, 2.75) is 38.6 Å². The Hall–Kier alpha value is -3.66. The number of nitrogens with one attached hydrogen (secondary N) is 1. The van der Waals surface area contributed by atoms with Gasteiger partial charge in [0.1, 0.15) is 23.2 Å². The van der Waals surface area contributed by atoms with Crippen molar-refractivity contribution in [3.63, 3.8) is 0 Å². The first kappa shape index (κ1) is 24.1. The largest absolute Gasteiger partial charge is 0.378 e. The number of piperidine rings is 1. The summed E-state index contributed by atoms with van der Waals surface area (Å²) in [5.74, 6) is 0.865. The predicted molar refractivity (Wildman–Crippen MR) is 135 cm³/mol. The highest BCUT2D eigenvalue weighted by atomic mass is 19.1. The van der Waals surface area contributed by atoms with Gasteiger partial charge in [-0.2, -0.15) is 0 Å². The third-order valence-corrected chi connectivity index (χ3v) is 6.75. The minimum atomic E-state index is -0.330. The summed E-state index contributed by atoms with van der Waals surface area (Å²) >= 11 is 0. The van der Waals surface area contributed by atoms with Crippen molar-refractivity contribution >= 4 is 23.1 Å². The lowest BCUT2D eigenvalue weighted by atomic mass is 9.92. The molecular formula is C26H30FN7O2. The molecule has 10 heteroatoms. The first-order valence-electron chi connectivity index (χ1n) is 12.3. The zero-order valence-corrected chi connectivity index (χ0v) is 20.5. The molecule has 36 heavy (non-hydrogen) atoms. The lowest BCUT2D eigenvalue weighted by molar-refractivity contribution is -0.132. The van der Waals surface area contributed by atoms with Gasteiger partial charge >= 0.3 is 0 Å². The van der Waals surface area contributed by atoms with Crippen LogP contribution in [0.1, 0.15) is 38.4 Å². The Kier molecular flexibility index (Phi) is 7.04. The van der Waals surface area contributed by atoms with Gasteiger partial charge < -0.3 is 19.9 Å². The van der Waals surface area contributed by atoms with Gasteiger partial charge in [-0.15, -0.1) is 0 Å². The third-order valence-electron chi connectivity index (χ3n) is 6.75. The molecule has 2 aromatic heterocycles. The molecule has 2 aliphatic rings. The first-order chi connectivity index (χ1) is 17.5. The summed E-state index contributed by atoms with van der Waals surface area (Å²) in [4.78, 5) is 34.4. The first-order valence-corrected chi connectivity index (χ1v) is 12.3. The van der Waals surface area contributed by atoms with Crippen LogP contribution in [-0.4, -0.2) is 69.6 Å². The number of morpholine rings is 1. The zero-order valence-electron chi connectivity index (χ0n) is 20.5. The number of rotatable bonds is 5. The van der Waals surface area contributed by atoms with E-state index in [1.54, 1.807) is 31.6 Å². The third kappa shape index (κ3) is 5.43. The van der Waals surface area contributed by atoms with Crippen molar-refractivity contribution in [3.05, 3.63) is 54.5 Å². The van der Waals surface area contributed by atoms with Crippen molar-refractivity contribution in [1.82, 2.24) is 24.8 Å². The van der Waals surface area contributed by atoms with E-state index in [9.17, 15) is 9.18 Å². The summed E-state index contributed by atoms with van der Waals surface area (Å²) in [6.45, 7) is 6.88. The molecule has 1 amide bonds. The van der Waals surface area contributed by atoms with Crippen LogP contribution in [0.25, 0.3) is 11.4 Å². The Bertz CT molecular complexity index is 1220. The normalized spacial score (nSPS) is 20.3. The molecule has 9 nitrogen and oxygen atoms in total. The average molecular weight is 492 g/mol. The number of hydrogen-bond acceptors (Lipinski definition) is 8. The second-order valence-corrected chi connectivity index (χ2v) is 9.30. The van der Waals surface area contributed by atoms with Crippen LogP contribution in [0.5, 0.6) is 0 Å². The number of anilines is 3. The Morgan fingerprint density at radius 2 is 1.92 bits per heavy atom. The second kappa shape index (κ2) is 10.5. The van der Waals surface area contributed by atoms with Gasteiger partial charge in [0.05, 0.1) is 25.1 Å². The zero-order chi connectivity index (χ0) is 25.1. The van der Waals surface area contributed by atoms with Gasteiger partial charge in [0, 0.05) is 68.4 Å². The summed E-state index contributed by atoms with van der Waals surface area (Å²) in [6.07, 6.45) is 6.62. The van der Waals surface area contributed by atoms with Crippen LogP contribution in [0.15, 0.2) is 42.9 Å². The van der Waals surface area contributed by atoms with Crippen LogP contribution >= 0.6 is 0 Å². The van der Waals surface area contributed by atoms with E-state index in [0.717, 1.165) is 18.5 Å². The van der Waals surface area contributed by atoms with E-state index >= 15 is 0 Å². The summed E-state index contributed by atoms with van der Waals surface area (Å²) < 4.78 is 20.0. The summed E-state index contributed by atoms with van der Waals surface area (Å²) in [5, 5.41) is 3.28. The Labute approximate surface area is 209 Å². The lowest BCUT2D eigenvalue weighted by Crippen LogP contribution is -2.44. The van der Waals surface area contributed by atoms with Crippen molar-refractivity contribution in [1.29, 1.82) is 0 Å². The van der Waals surface area contributed by atoms with E-state index in [4.69, 9.17) is 14.7 Å². The number of carbonyl (C=O) groups is 1. The summed E-state index contributed by atoms with van der Waals surface area (Å²) in [5.41, 5.74) is 2.62. The molecule has 0 saturated carbocycles. The van der Waals surface area contributed by atoms with Gasteiger partial charge in [-0.25, -0.2) is 14.4 Å². The van der Waals surface area contributed by atoms with Crippen molar-refractivity contribution in [2.24, 2.45) is 0 Å². The highest BCUT2D eigenvalue weighted by molar-refractivity contribution is 5.74.